The smallest absolute Gasteiger partial charge is 0.0702 e. The monoisotopic (exact) mass is 561 g/mol. The normalized spacial score (nSPS) is 12.2. The lowest BCUT2D eigenvalue weighted by Crippen LogP contribution is -1.92. The van der Waals surface area contributed by atoms with E-state index < -0.39 is 0 Å². The Hall–Kier alpha value is -5.31. The number of nitrogens with zero attached hydrogens (tertiary/aromatic N) is 1. The Morgan fingerprint density at radius 1 is 0.395 bits per heavy atom. The second-order valence-corrected chi connectivity index (χ2v) is 12.5. The van der Waals surface area contributed by atoms with Crippen molar-refractivity contribution in [3.63, 3.8) is 0 Å². The van der Waals surface area contributed by atoms with Crippen LogP contribution in [0.4, 0.5) is 0 Å². The summed E-state index contributed by atoms with van der Waals surface area (Å²) in [4.78, 5) is 4.69. The Morgan fingerprint density at radius 2 is 1.00 bits per heavy atom. The third-order valence-electron chi connectivity index (χ3n) is 9.24. The van der Waals surface area contributed by atoms with Crippen molar-refractivity contribution < 1.29 is 0 Å². The minimum absolute atomic E-state index is 0.996. The van der Waals surface area contributed by atoms with Gasteiger partial charge in [-0.25, -0.2) is 0 Å². The standard InChI is InChI=1S/C41H23NS/c1-2-10-28-27(9-1)31-13-8-14-32-29-19-18-24(37-16-5-6-20-42-37)21-34(29)36-23-25(22-35(28)40(36)39(31)32)26-12-7-15-33-30-11-3-4-17-38(30)43-41(26)33/h1-23H. The van der Waals surface area contributed by atoms with E-state index in [4.69, 9.17) is 4.98 Å². The van der Waals surface area contributed by atoms with Crippen molar-refractivity contribution in [1.29, 1.82) is 0 Å². The van der Waals surface area contributed by atoms with Crippen LogP contribution in [0.25, 0.3) is 96.4 Å². The molecule has 0 fully saturated rings. The molecule has 0 bridgehead atoms. The molecule has 2 heterocycles. The molecule has 0 amide bonds. The molecule has 0 aliphatic carbocycles. The van der Waals surface area contributed by atoms with Crippen LogP contribution in [0.5, 0.6) is 0 Å². The van der Waals surface area contributed by atoms with Gasteiger partial charge in [-0.15, -0.1) is 11.3 Å². The molecule has 0 N–H and O–H groups in total. The van der Waals surface area contributed by atoms with Crippen LogP contribution in [0.1, 0.15) is 0 Å². The van der Waals surface area contributed by atoms with Gasteiger partial charge in [-0.3, -0.25) is 4.98 Å². The molecule has 0 aliphatic heterocycles. The van der Waals surface area contributed by atoms with Crippen LogP contribution >= 0.6 is 11.3 Å². The highest BCUT2D eigenvalue weighted by atomic mass is 32.1. The van der Waals surface area contributed by atoms with Gasteiger partial charge in [0.15, 0.2) is 0 Å². The number of hydrogen-bond donors (Lipinski definition) is 0. The van der Waals surface area contributed by atoms with Gasteiger partial charge < -0.3 is 0 Å². The minimum atomic E-state index is 0.996. The molecule has 0 spiro atoms. The molecular formula is C41H23NS. The van der Waals surface area contributed by atoms with Gasteiger partial charge in [-0.05, 0) is 101 Å². The molecule has 43 heavy (non-hydrogen) atoms. The molecule has 0 saturated heterocycles. The average Bonchev–Trinajstić information content (AvgIpc) is 3.47. The van der Waals surface area contributed by atoms with E-state index in [1.807, 2.05) is 23.6 Å². The fourth-order valence-electron chi connectivity index (χ4n) is 7.38. The second-order valence-electron chi connectivity index (χ2n) is 11.5. The van der Waals surface area contributed by atoms with Crippen LogP contribution in [0.3, 0.4) is 0 Å². The molecule has 0 atom stereocenters. The van der Waals surface area contributed by atoms with Gasteiger partial charge in [0.2, 0.25) is 0 Å². The summed E-state index contributed by atoms with van der Waals surface area (Å²) in [5.41, 5.74) is 4.69. The van der Waals surface area contributed by atoms with E-state index in [-0.39, 0.29) is 0 Å². The van der Waals surface area contributed by atoms with E-state index in [2.05, 4.69) is 127 Å². The maximum absolute atomic E-state index is 4.69. The molecule has 2 heteroatoms. The van der Waals surface area contributed by atoms with Gasteiger partial charge in [0.1, 0.15) is 0 Å². The fourth-order valence-corrected chi connectivity index (χ4v) is 8.62. The van der Waals surface area contributed by atoms with E-state index in [1.165, 1.54) is 85.2 Å². The van der Waals surface area contributed by atoms with Crippen molar-refractivity contribution in [1.82, 2.24) is 4.98 Å². The number of hydrogen-bond acceptors (Lipinski definition) is 2. The highest BCUT2D eigenvalue weighted by Gasteiger charge is 2.19. The average molecular weight is 562 g/mol. The van der Waals surface area contributed by atoms with Crippen LogP contribution in [0, 0.1) is 0 Å². The number of rotatable bonds is 2. The highest BCUT2D eigenvalue weighted by molar-refractivity contribution is 7.26. The summed E-state index contributed by atoms with van der Waals surface area (Å²) in [6, 6.07) is 49.2. The molecule has 8 aromatic carbocycles. The third-order valence-corrected chi connectivity index (χ3v) is 10.5. The van der Waals surface area contributed by atoms with E-state index in [1.54, 1.807) is 0 Å². The van der Waals surface area contributed by atoms with Crippen LogP contribution in [-0.2, 0) is 0 Å². The third kappa shape index (κ3) is 3.19. The number of pyridine rings is 1. The van der Waals surface area contributed by atoms with Gasteiger partial charge >= 0.3 is 0 Å². The SMILES string of the molecule is c1ccc(-c2ccc3c(c2)c2cc(-c4cccc5c4sc4ccccc45)cc4c5ccccc5c5cccc3c5c42)nc1. The zero-order valence-corrected chi connectivity index (χ0v) is 24.0. The lowest BCUT2D eigenvalue weighted by molar-refractivity contribution is 1.33. The molecule has 0 radical (unpaired) electrons. The van der Waals surface area contributed by atoms with Crippen molar-refractivity contribution in [3.8, 4) is 22.4 Å². The predicted octanol–water partition coefficient (Wildman–Crippen LogP) is 12.0. The Bertz CT molecular complexity index is 2720. The van der Waals surface area contributed by atoms with Gasteiger partial charge in [-0.2, -0.15) is 0 Å². The second kappa shape index (κ2) is 8.61. The molecule has 0 aliphatic rings. The van der Waals surface area contributed by atoms with E-state index in [0.717, 1.165) is 11.3 Å². The van der Waals surface area contributed by atoms with Gasteiger partial charge in [0, 0.05) is 31.9 Å². The van der Waals surface area contributed by atoms with Gasteiger partial charge in [-0.1, -0.05) is 97.1 Å². The minimum Gasteiger partial charge on any atom is -0.256 e. The fraction of sp³-hybridized carbons (Fsp3) is 0. The van der Waals surface area contributed by atoms with Crippen LogP contribution in [0.15, 0.2) is 140 Å². The quantitative estimate of drug-likeness (QED) is 0.151. The molecule has 2 aromatic heterocycles. The number of benzene rings is 8. The summed E-state index contributed by atoms with van der Waals surface area (Å²) in [6.45, 7) is 0. The molecule has 10 aromatic rings. The first-order valence-electron chi connectivity index (χ1n) is 14.7. The zero-order chi connectivity index (χ0) is 28.1. The number of aromatic nitrogens is 1. The van der Waals surface area contributed by atoms with Crippen molar-refractivity contribution in [3.05, 3.63) is 140 Å². The Balaban J connectivity index is 1.42. The Labute approximate surface area is 251 Å². The van der Waals surface area contributed by atoms with Gasteiger partial charge in [0.05, 0.1) is 5.69 Å². The van der Waals surface area contributed by atoms with Crippen LogP contribution in [-0.4, -0.2) is 4.98 Å². The van der Waals surface area contributed by atoms with E-state index >= 15 is 0 Å². The summed E-state index contributed by atoms with van der Waals surface area (Å²) in [7, 11) is 0. The molecule has 1 nitrogen and oxygen atoms in total. The summed E-state index contributed by atoms with van der Waals surface area (Å²) in [5.74, 6) is 0. The van der Waals surface area contributed by atoms with Gasteiger partial charge in [0.25, 0.3) is 0 Å². The predicted molar refractivity (Wildman–Crippen MR) is 187 cm³/mol. The van der Waals surface area contributed by atoms with Crippen LogP contribution < -0.4 is 0 Å². The maximum Gasteiger partial charge on any atom is 0.0702 e. The van der Waals surface area contributed by atoms with E-state index in [9.17, 15) is 0 Å². The highest BCUT2D eigenvalue weighted by Crippen LogP contribution is 2.48. The Kier molecular flexibility index (Phi) is 4.66. The zero-order valence-electron chi connectivity index (χ0n) is 23.1. The Morgan fingerprint density at radius 3 is 1.81 bits per heavy atom. The molecule has 198 valence electrons. The molecule has 10 rings (SSSR count). The lowest BCUT2D eigenvalue weighted by atomic mass is 9.84. The topological polar surface area (TPSA) is 12.9 Å². The number of fused-ring (bicyclic) bond motifs is 9. The molecule has 0 unspecified atom stereocenters. The summed E-state index contributed by atoms with van der Waals surface area (Å²) < 4.78 is 2.68. The van der Waals surface area contributed by atoms with Crippen molar-refractivity contribution in [2.24, 2.45) is 0 Å². The first-order valence-corrected chi connectivity index (χ1v) is 15.5. The van der Waals surface area contributed by atoms with Crippen LogP contribution in [0.2, 0.25) is 0 Å². The van der Waals surface area contributed by atoms with E-state index in [0.29, 0.717) is 0 Å². The summed E-state index contributed by atoms with van der Waals surface area (Å²) in [5, 5.41) is 15.8. The maximum atomic E-state index is 4.69. The number of thiophene rings is 1. The van der Waals surface area contributed by atoms with Crippen molar-refractivity contribution in [2.75, 3.05) is 0 Å². The first kappa shape index (κ1) is 23.3. The summed E-state index contributed by atoms with van der Waals surface area (Å²) >= 11 is 1.90. The molecular weight excluding hydrogens is 539 g/mol. The van der Waals surface area contributed by atoms with Crippen molar-refractivity contribution in [2.45, 2.75) is 0 Å². The first-order chi connectivity index (χ1) is 21.3. The largest absolute Gasteiger partial charge is 0.256 e. The summed E-state index contributed by atoms with van der Waals surface area (Å²) in [6.07, 6.45) is 1.88. The lowest BCUT2D eigenvalue weighted by Gasteiger charge is -2.19. The van der Waals surface area contributed by atoms with Crippen molar-refractivity contribution >= 4 is 85.4 Å². The molecule has 0 saturated carbocycles.